The first-order valence-electron chi connectivity index (χ1n) is 6.11. The maximum Gasteiger partial charge on any atom is 0.372 e. The molecule has 0 aliphatic heterocycles. The van der Waals surface area contributed by atoms with Crippen molar-refractivity contribution >= 4 is 5.97 Å². The van der Waals surface area contributed by atoms with Crippen molar-refractivity contribution in [3.8, 4) is 0 Å². The highest BCUT2D eigenvalue weighted by atomic mass is 16.4. The van der Waals surface area contributed by atoms with Crippen LogP contribution in [0.1, 0.15) is 49.2 Å². The van der Waals surface area contributed by atoms with Gasteiger partial charge in [0.25, 0.3) is 0 Å². The molecule has 1 rings (SSSR count). The molecule has 2 N–H and O–H groups in total. The molecule has 0 saturated heterocycles. The van der Waals surface area contributed by atoms with Crippen LogP contribution in [0.5, 0.6) is 0 Å². The van der Waals surface area contributed by atoms with E-state index in [0.29, 0.717) is 12.1 Å². The van der Waals surface area contributed by atoms with E-state index in [2.05, 4.69) is 19.2 Å². The van der Waals surface area contributed by atoms with E-state index >= 15 is 0 Å². The van der Waals surface area contributed by atoms with Crippen LogP contribution in [-0.2, 0) is 6.54 Å². The number of carboxylic acids is 1. The van der Waals surface area contributed by atoms with E-state index in [4.69, 9.17) is 9.52 Å². The van der Waals surface area contributed by atoms with Gasteiger partial charge < -0.3 is 14.8 Å². The standard InChI is InChI=1S/C13H21NO3/c1-10(2)5-3-4-7-14-9-11-6-8-17-12(11)13(15)16/h6,8,10,14H,3-5,7,9H2,1-2H3,(H,15,16). The van der Waals surface area contributed by atoms with E-state index in [1.165, 1.54) is 19.1 Å². The second kappa shape index (κ2) is 7.12. The number of nitrogens with one attached hydrogen (secondary N) is 1. The number of hydrogen-bond acceptors (Lipinski definition) is 3. The number of unbranched alkanes of at least 4 members (excludes halogenated alkanes) is 1. The predicted octanol–water partition coefficient (Wildman–Crippen LogP) is 2.89. The minimum Gasteiger partial charge on any atom is -0.475 e. The fraction of sp³-hybridized carbons (Fsp3) is 0.615. The van der Waals surface area contributed by atoms with E-state index in [1.807, 2.05) is 0 Å². The Bertz CT molecular complexity index is 344. The zero-order chi connectivity index (χ0) is 12.7. The zero-order valence-corrected chi connectivity index (χ0v) is 10.5. The van der Waals surface area contributed by atoms with Crippen molar-refractivity contribution in [1.29, 1.82) is 0 Å². The Balaban J connectivity index is 2.18. The third kappa shape index (κ3) is 5.04. The van der Waals surface area contributed by atoms with Crippen molar-refractivity contribution in [2.24, 2.45) is 5.92 Å². The molecule has 4 nitrogen and oxygen atoms in total. The summed E-state index contributed by atoms with van der Waals surface area (Å²) in [6, 6.07) is 1.70. The number of rotatable bonds is 8. The number of hydrogen-bond donors (Lipinski definition) is 2. The molecule has 1 aromatic heterocycles. The quantitative estimate of drug-likeness (QED) is 0.685. The molecule has 0 saturated carbocycles. The second-order valence-electron chi connectivity index (χ2n) is 4.65. The highest BCUT2D eigenvalue weighted by Crippen LogP contribution is 2.10. The van der Waals surface area contributed by atoms with Gasteiger partial charge in [0.1, 0.15) is 0 Å². The summed E-state index contributed by atoms with van der Waals surface area (Å²) in [6.45, 7) is 5.91. The number of furan rings is 1. The Morgan fingerprint density at radius 2 is 2.24 bits per heavy atom. The van der Waals surface area contributed by atoms with Crippen molar-refractivity contribution in [3.63, 3.8) is 0 Å². The van der Waals surface area contributed by atoms with Gasteiger partial charge in [-0.2, -0.15) is 0 Å². The Hall–Kier alpha value is -1.29. The van der Waals surface area contributed by atoms with E-state index in [0.717, 1.165) is 18.9 Å². The molecule has 0 aromatic carbocycles. The van der Waals surface area contributed by atoms with Crippen LogP contribution >= 0.6 is 0 Å². The molecule has 1 aromatic rings. The molecule has 0 unspecified atom stereocenters. The largest absolute Gasteiger partial charge is 0.475 e. The molecule has 0 atom stereocenters. The minimum absolute atomic E-state index is 0.0414. The van der Waals surface area contributed by atoms with Crippen LogP contribution in [0.3, 0.4) is 0 Å². The van der Waals surface area contributed by atoms with Gasteiger partial charge in [-0.15, -0.1) is 0 Å². The van der Waals surface area contributed by atoms with Crippen LogP contribution < -0.4 is 5.32 Å². The van der Waals surface area contributed by atoms with Crippen LogP contribution in [0.4, 0.5) is 0 Å². The van der Waals surface area contributed by atoms with Crippen molar-refractivity contribution in [3.05, 3.63) is 23.7 Å². The second-order valence-corrected chi connectivity index (χ2v) is 4.65. The number of carboxylic acid groups (broad SMARTS) is 1. The predicted molar refractivity (Wildman–Crippen MR) is 66.1 cm³/mol. The van der Waals surface area contributed by atoms with Crippen LogP contribution in [0.2, 0.25) is 0 Å². The van der Waals surface area contributed by atoms with Gasteiger partial charge in [0.2, 0.25) is 5.76 Å². The molecule has 4 heteroatoms. The highest BCUT2D eigenvalue weighted by Gasteiger charge is 2.12. The topological polar surface area (TPSA) is 62.5 Å². The lowest BCUT2D eigenvalue weighted by molar-refractivity contribution is 0.0660. The molecule has 1 heterocycles. The maximum atomic E-state index is 10.8. The summed E-state index contributed by atoms with van der Waals surface area (Å²) in [5.74, 6) is -0.214. The monoisotopic (exact) mass is 239 g/mol. The summed E-state index contributed by atoms with van der Waals surface area (Å²) in [7, 11) is 0. The molecule has 0 amide bonds. The summed E-state index contributed by atoms with van der Waals surface area (Å²) in [5.41, 5.74) is 0.710. The first kappa shape index (κ1) is 13.8. The van der Waals surface area contributed by atoms with Gasteiger partial charge in [-0.25, -0.2) is 4.79 Å². The van der Waals surface area contributed by atoms with Crippen molar-refractivity contribution in [2.45, 2.75) is 39.7 Å². The van der Waals surface area contributed by atoms with Gasteiger partial charge in [-0.05, 0) is 24.9 Å². The Morgan fingerprint density at radius 1 is 1.47 bits per heavy atom. The molecular formula is C13H21NO3. The van der Waals surface area contributed by atoms with Crippen molar-refractivity contribution in [2.75, 3.05) is 6.54 Å². The molecular weight excluding hydrogens is 218 g/mol. The highest BCUT2D eigenvalue weighted by molar-refractivity contribution is 5.86. The zero-order valence-electron chi connectivity index (χ0n) is 10.5. The third-order valence-electron chi connectivity index (χ3n) is 2.64. The Labute approximate surface area is 102 Å². The summed E-state index contributed by atoms with van der Waals surface area (Å²) in [6.07, 6.45) is 4.99. The molecule has 0 fully saturated rings. The SMILES string of the molecule is CC(C)CCCCNCc1ccoc1C(=O)O. The van der Waals surface area contributed by atoms with E-state index < -0.39 is 5.97 Å². The van der Waals surface area contributed by atoms with Crippen molar-refractivity contribution in [1.82, 2.24) is 5.32 Å². The van der Waals surface area contributed by atoms with Gasteiger partial charge in [0, 0.05) is 12.1 Å². The fourth-order valence-electron chi connectivity index (χ4n) is 1.69. The Kier molecular flexibility index (Phi) is 5.77. The first-order valence-corrected chi connectivity index (χ1v) is 6.11. The summed E-state index contributed by atoms with van der Waals surface area (Å²) >= 11 is 0. The van der Waals surface area contributed by atoms with E-state index in [1.54, 1.807) is 6.07 Å². The third-order valence-corrected chi connectivity index (χ3v) is 2.64. The smallest absolute Gasteiger partial charge is 0.372 e. The van der Waals surface area contributed by atoms with Crippen LogP contribution in [0.15, 0.2) is 16.7 Å². The van der Waals surface area contributed by atoms with E-state index in [-0.39, 0.29) is 5.76 Å². The molecule has 0 aliphatic carbocycles. The minimum atomic E-state index is -1.01. The summed E-state index contributed by atoms with van der Waals surface area (Å²) in [4.78, 5) is 10.8. The van der Waals surface area contributed by atoms with Gasteiger partial charge in [0.05, 0.1) is 6.26 Å². The van der Waals surface area contributed by atoms with Gasteiger partial charge in [0.15, 0.2) is 0 Å². The Morgan fingerprint density at radius 3 is 2.88 bits per heavy atom. The molecule has 0 spiro atoms. The molecule has 0 bridgehead atoms. The molecule has 96 valence electrons. The lowest BCUT2D eigenvalue weighted by Gasteiger charge is -2.05. The van der Waals surface area contributed by atoms with Gasteiger partial charge >= 0.3 is 5.97 Å². The lowest BCUT2D eigenvalue weighted by atomic mass is 10.1. The summed E-state index contributed by atoms with van der Waals surface area (Å²) in [5, 5.41) is 12.1. The average molecular weight is 239 g/mol. The van der Waals surface area contributed by atoms with Gasteiger partial charge in [-0.1, -0.05) is 26.7 Å². The van der Waals surface area contributed by atoms with Crippen LogP contribution in [-0.4, -0.2) is 17.6 Å². The number of carbonyl (C=O) groups is 1. The molecule has 0 radical (unpaired) electrons. The van der Waals surface area contributed by atoms with E-state index in [9.17, 15) is 4.79 Å². The fourth-order valence-corrected chi connectivity index (χ4v) is 1.69. The number of aromatic carboxylic acids is 1. The van der Waals surface area contributed by atoms with Crippen LogP contribution in [0, 0.1) is 5.92 Å². The average Bonchev–Trinajstić information content (AvgIpc) is 2.71. The molecule has 17 heavy (non-hydrogen) atoms. The van der Waals surface area contributed by atoms with Crippen molar-refractivity contribution < 1.29 is 14.3 Å². The maximum absolute atomic E-state index is 10.8. The molecule has 0 aliphatic rings. The lowest BCUT2D eigenvalue weighted by Crippen LogP contribution is -2.16. The normalized spacial score (nSPS) is 11.0. The first-order chi connectivity index (χ1) is 8.11. The van der Waals surface area contributed by atoms with Gasteiger partial charge in [-0.3, -0.25) is 0 Å². The summed E-state index contributed by atoms with van der Waals surface area (Å²) < 4.78 is 4.90. The van der Waals surface area contributed by atoms with Crippen LogP contribution in [0.25, 0.3) is 0 Å².